The highest BCUT2D eigenvalue weighted by Gasteiger charge is 1.75. The first-order valence-corrected chi connectivity index (χ1v) is 1.59. The fourth-order valence-electron chi connectivity index (χ4n) is 0.0962. The Hall–Kier alpha value is -0.0151. The Labute approximate surface area is 32.5 Å². The molecular weight excluding hydrogens is 64.8 g/mol. The quantitative estimate of drug-likeness (QED) is 0.366. The fourth-order valence-corrected chi connectivity index (χ4v) is 0.0962. The average molecular weight is 71.9 g/mol. The minimum Gasteiger partial charge on any atom is -0.372 e. The molecule has 0 aromatic carbocycles. The van der Waals surface area contributed by atoms with Gasteiger partial charge in [0.1, 0.15) is 0 Å². The zero-order valence-corrected chi connectivity index (χ0v) is 3.27. The molecule has 0 aliphatic carbocycles. The van der Waals surface area contributed by atoms with Gasteiger partial charge < -0.3 is 4.76 Å². The van der Waals surface area contributed by atoms with Crippen LogP contribution in [0.1, 0.15) is 6.92 Å². The molecule has 1 radical (unpaired) electrons. The molecule has 5 heavy (non-hydrogen) atoms. The van der Waals surface area contributed by atoms with E-state index in [1.54, 1.807) is 0 Å². The van der Waals surface area contributed by atoms with E-state index in [0.29, 0.717) is 0 Å². The van der Waals surface area contributed by atoms with Crippen molar-refractivity contribution in [3.05, 3.63) is 0 Å². The van der Waals surface area contributed by atoms with Crippen molar-refractivity contribution in [2.24, 2.45) is 5.90 Å². The molecule has 0 aromatic heterocycles. The number of nitrogens with two attached hydrogens (primary N) is 1. The largest absolute Gasteiger partial charge is 0.372 e. The summed E-state index contributed by atoms with van der Waals surface area (Å²) in [5, 5.41) is 0. The summed E-state index contributed by atoms with van der Waals surface area (Å²) in [6, 6.07) is 0. The van der Waals surface area contributed by atoms with Gasteiger partial charge in [-0.05, 0) is 0 Å². The maximum absolute atomic E-state index is 4.58. The van der Waals surface area contributed by atoms with Crippen LogP contribution in [-0.4, -0.2) is 7.48 Å². The van der Waals surface area contributed by atoms with Crippen molar-refractivity contribution in [2.75, 3.05) is 0 Å². The number of hydrogen-bond acceptors (Lipinski definition) is 2. The molecule has 0 saturated heterocycles. The van der Waals surface area contributed by atoms with Crippen molar-refractivity contribution in [3.8, 4) is 0 Å². The molecule has 0 bridgehead atoms. The molecule has 29 valence electrons. The van der Waals surface area contributed by atoms with Gasteiger partial charge in [0, 0.05) is 0 Å². The van der Waals surface area contributed by atoms with Gasteiger partial charge >= 0.3 is 7.48 Å². The molecule has 0 unspecified atom stereocenters. The maximum Gasteiger partial charge on any atom is 0.323 e. The van der Waals surface area contributed by atoms with Gasteiger partial charge in [-0.25, -0.2) is 5.90 Å². The van der Waals surface area contributed by atoms with E-state index in [9.17, 15) is 0 Å². The van der Waals surface area contributed by atoms with Gasteiger partial charge in [-0.15, -0.1) is 0 Å². The molecule has 0 aliphatic heterocycles. The maximum atomic E-state index is 4.58. The second-order valence-electron chi connectivity index (χ2n) is 0.711. The minimum atomic E-state index is 0.872. The Morgan fingerprint density at radius 1 is 2.00 bits per heavy atom. The first kappa shape index (κ1) is 4.98. The first-order chi connectivity index (χ1) is 2.41. The number of rotatable bonds is 2. The first-order valence-electron chi connectivity index (χ1n) is 1.59. The molecule has 0 amide bonds. The highest BCUT2D eigenvalue weighted by atomic mass is 16.6. The Kier molecular flexibility index (Phi) is 3.97. The van der Waals surface area contributed by atoms with Gasteiger partial charge in [-0.1, -0.05) is 13.2 Å². The third-order valence-corrected chi connectivity index (χ3v) is 0.263. The van der Waals surface area contributed by atoms with Crippen molar-refractivity contribution in [3.63, 3.8) is 0 Å². The summed E-state index contributed by atoms with van der Waals surface area (Å²) in [4.78, 5) is 0. The van der Waals surface area contributed by atoms with Crippen molar-refractivity contribution < 1.29 is 4.76 Å². The molecule has 0 fully saturated rings. The lowest BCUT2D eigenvalue weighted by molar-refractivity contribution is 0.355. The van der Waals surface area contributed by atoms with Gasteiger partial charge in [-0.2, -0.15) is 0 Å². The number of hydrogen-bond donors (Lipinski definition) is 1. The Bertz CT molecular complexity index is 17.1. The summed E-state index contributed by atoms with van der Waals surface area (Å²) < 4.78 is 4.07. The van der Waals surface area contributed by atoms with Gasteiger partial charge in [0.15, 0.2) is 0 Å². The summed E-state index contributed by atoms with van der Waals surface area (Å²) in [5.41, 5.74) is 0. The lowest BCUT2D eigenvalue weighted by Crippen LogP contribution is -2.01. The Morgan fingerprint density at radius 2 is 2.60 bits per heavy atom. The standard InChI is InChI=1S/C2H7BNO/c1-2-3-5-4/h2,4H2,1H3. The van der Waals surface area contributed by atoms with Crippen LogP contribution in [0, 0.1) is 0 Å². The fraction of sp³-hybridized carbons (Fsp3) is 1.00. The predicted octanol–water partition coefficient (Wildman–Crippen LogP) is -0.0659. The van der Waals surface area contributed by atoms with Crippen LogP contribution in [0.4, 0.5) is 0 Å². The second-order valence-corrected chi connectivity index (χ2v) is 0.711. The second kappa shape index (κ2) is 3.98. The summed E-state index contributed by atoms with van der Waals surface area (Å²) in [6.45, 7) is 1.95. The molecule has 2 nitrogen and oxygen atoms in total. The van der Waals surface area contributed by atoms with E-state index in [4.69, 9.17) is 0 Å². The van der Waals surface area contributed by atoms with Gasteiger partial charge in [0.05, 0.1) is 0 Å². The molecule has 0 atom stereocenters. The van der Waals surface area contributed by atoms with E-state index in [1.165, 1.54) is 7.48 Å². The summed E-state index contributed by atoms with van der Waals surface area (Å²) in [7, 11) is 1.53. The van der Waals surface area contributed by atoms with Crippen molar-refractivity contribution in [1.82, 2.24) is 0 Å². The van der Waals surface area contributed by atoms with E-state index >= 15 is 0 Å². The van der Waals surface area contributed by atoms with Crippen LogP contribution in [0.15, 0.2) is 0 Å². The monoisotopic (exact) mass is 72.1 g/mol. The van der Waals surface area contributed by atoms with Crippen LogP contribution in [0.3, 0.4) is 0 Å². The normalized spacial score (nSPS) is 7.60. The van der Waals surface area contributed by atoms with Gasteiger partial charge in [-0.3, -0.25) is 0 Å². The van der Waals surface area contributed by atoms with Crippen LogP contribution in [0.2, 0.25) is 6.32 Å². The zero-order chi connectivity index (χ0) is 4.12. The minimum absolute atomic E-state index is 0.872. The molecule has 0 rings (SSSR count). The highest BCUT2D eigenvalue weighted by Crippen LogP contribution is 1.65. The predicted molar refractivity (Wildman–Crippen MR) is 21.5 cm³/mol. The van der Waals surface area contributed by atoms with Crippen LogP contribution in [0.5, 0.6) is 0 Å². The lowest BCUT2D eigenvalue weighted by Gasteiger charge is -1.80. The van der Waals surface area contributed by atoms with Crippen LogP contribution in [0.25, 0.3) is 0 Å². The van der Waals surface area contributed by atoms with Gasteiger partial charge in [0.2, 0.25) is 0 Å². The lowest BCUT2D eigenvalue weighted by atomic mass is 9.99. The van der Waals surface area contributed by atoms with E-state index < -0.39 is 0 Å². The Balaban J connectivity index is 2.19. The SMILES string of the molecule is CC[B]ON. The van der Waals surface area contributed by atoms with Gasteiger partial charge in [0.25, 0.3) is 0 Å². The van der Waals surface area contributed by atoms with E-state index in [2.05, 4.69) is 10.7 Å². The van der Waals surface area contributed by atoms with Crippen LogP contribution >= 0.6 is 0 Å². The Morgan fingerprint density at radius 3 is 2.60 bits per heavy atom. The third kappa shape index (κ3) is 3.98. The van der Waals surface area contributed by atoms with Crippen LogP contribution in [-0.2, 0) is 4.76 Å². The smallest absolute Gasteiger partial charge is 0.323 e. The molecule has 0 saturated carbocycles. The van der Waals surface area contributed by atoms with E-state index in [-0.39, 0.29) is 0 Å². The van der Waals surface area contributed by atoms with Crippen molar-refractivity contribution >= 4 is 7.48 Å². The molecular formula is C2H7BNO. The zero-order valence-electron chi connectivity index (χ0n) is 3.27. The summed E-state index contributed by atoms with van der Waals surface area (Å²) in [6.07, 6.45) is 0.872. The van der Waals surface area contributed by atoms with E-state index in [1.807, 2.05) is 6.92 Å². The van der Waals surface area contributed by atoms with Crippen LogP contribution < -0.4 is 5.90 Å². The highest BCUT2D eigenvalue weighted by molar-refractivity contribution is 6.26. The molecule has 3 heteroatoms. The molecule has 0 aromatic rings. The van der Waals surface area contributed by atoms with E-state index in [0.717, 1.165) is 6.32 Å². The molecule has 0 heterocycles. The van der Waals surface area contributed by atoms with Crippen molar-refractivity contribution in [2.45, 2.75) is 13.2 Å². The van der Waals surface area contributed by atoms with Crippen molar-refractivity contribution in [1.29, 1.82) is 0 Å². The average Bonchev–Trinajstić information content (AvgIpc) is 1.41. The molecule has 2 N–H and O–H groups in total. The molecule has 0 aliphatic rings. The summed E-state index contributed by atoms with van der Waals surface area (Å²) in [5.74, 6) is 4.58. The third-order valence-electron chi connectivity index (χ3n) is 0.263. The molecule has 0 spiro atoms. The topological polar surface area (TPSA) is 35.2 Å². The summed E-state index contributed by atoms with van der Waals surface area (Å²) >= 11 is 0.